The highest BCUT2D eigenvalue weighted by Crippen LogP contribution is 2.41. The van der Waals surface area contributed by atoms with Crippen LogP contribution in [0.25, 0.3) is 10.9 Å². The third-order valence-corrected chi connectivity index (χ3v) is 7.46. The molecule has 160 valence electrons. The van der Waals surface area contributed by atoms with E-state index in [4.69, 9.17) is 0 Å². The van der Waals surface area contributed by atoms with Gasteiger partial charge in [0.15, 0.2) is 0 Å². The third kappa shape index (κ3) is 3.40. The quantitative estimate of drug-likeness (QED) is 0.838. The SMILES string of the molecule is O=C1N(C2CCC(O)CC2)CCCC12CCCN2Cc1ccc2cccc(F)c2n1. The number of pyridine rings is 1. The summed E-state index contributed by atoms with van der Waals surface area (Å²) in [6.07, 6.45) is 6.96. The van der Waals surface area contributed by atoms with Crippen LogP contribution in [0.15, 0.2) is 30.3 Å². The molecule has 5 rings (SSSR count). The molecule has 3 aliphatic rings. The van der Waals surface area contributed by atoms with Crippen molar-refractivity contribution in [2.45, 2.75) is 75.6 Å². The number of rotatable bonds is 3. The van der Waals surface area contributed by atoms with Crippen LogP contribution in [-0.2, 0) is 11.3 Å². The maximum Gasteiger partial charge on any atom is 0.243 e. The molecule has 2 aromatic rings. The standard InChI is InChI=1S/C24H30FN3O2/c25-21-5-1-4-17-6-7-18(26-22(17)21)16-27-14-2-12-24(27)13-3-15-28(23(24)30)19-8-10-20(29)11-9-19/h1,4-7,19-20,29H,2-3,8-16H2. The fourth-order valence-electron chi connectivity index (χ4n) is 5.86. The van der Waals surface area contributed by atoms with Gasteiger partial charge in [-0.05, 0) is 70.0 Å². The number of piperidine rings is 1. The molecule has 1 N–H and O–H groups in total. The molecule has 3 heterocycles. The van der Waals surface area contributed by atoms with Crippen molar-refractivity contribution in [1.82, 2.24) is 14.8 Å². The van der Waals surface area contributed by atoms with E-state index >= 15 is 0 Å². The average molecular weight is 412 g/mol. The van der Waals surface area contributed by atoms with E-state index < -0.39 is 5.54 Å². The van der Waals surface area contributed by atoms with Gasteiger partial charge in [-0.2, -0.15) is 0 Å². The maximum absolute atomic E-state index is 14.2. The van der Waals surface area contributed by atoms with Crippen LogP contribution in [0.5, 0.6) is 0 Å². The Labute approximate surface area is 176 Å². The number of likely N-dealkylation sites (tertiary alicyclic amines) is 2. The molecule has 30 heavy (non-hydrogen) atoms. The molecule has 0 radical (unpaired) electrons. The van der Waals surface area contributed by atoms with Crippen molar-refractivity contribution >= 4 is 16.8 Å². The van der Waals surface area contributed by atoms with E-state index in [2.05, 4.69) is 14.8 Å². The first-order valence-electron chi connectivity index (χ1n) is 11.4. The van der Waals surface area contributed by atoms with Crippen molar-refractivity contribution in [2.24, 2.45) is 0 Å². The largest absolute Gasteiger partial charge is 0.393 e. The highest BCUT2D eigenvalue weighted by Gasteiger charge is 2.52. The summed E-state index contributed by atoms with van der Waals surface area (Å²) in [4.78, 5) is 22.7. The molecule has 3 fully saturated rings. The lowest BCUT2D eigenvalue weighted by Crippen LogP contribution is -2.62. The monoisotopic (exact) mass is 411 g/mol. The zero-order chi connectivity index (χ0) is 20.7. The normalized spacial score (nSPS) is 30.5. The van der Waals surface area contributed by atoms with Gasteiger partial charge in [0.05, 0.1) is 11.8 Å². The Kier molecular flexibility index (Phi) is 5.23. The average Bonchev–Trinajstić information content (AvgIpc) is 3.14. The summed E-state index contributed by atoms with van der Waals surface area (Å²) in [6.45, 7) is 2.28. The Morgan fingerprint density at radius 3 is 2.63 bits per heavy atom. The third-order valence-electron chi connectivity index (χ3n) is 7.46. The number of aliphatic hydroxyl groups is 1. The molecule has 1 amide bonds. The number of para-hydroxylation sites is 1. The van der Waals surface area contributed by atoms with Gasteiger partial charge in [-0.15, -0.1) is 0 Å². The minimum Gasteiger partial charge on any atom is -0.393 e. The Morgan fingerprint density at radius 2 is 1.83 bits per heavy atom. The second-order valence-electron chi connectivity index (χ2n) is 9.24. The number of hydrogen-bond donors (Lipinski definition) is 1. The molecule has 0 bridgehead atoms. The minimum atomic E-state index is -0.444. The molecule has 1 aromatic heterocycles. The van der Waals surface area contributed by atoms with Gasteiger partial charge in [-0.1, -0.05) is 18.2 Å². The van der Waals surface area contributed by atoms with E-state index in [0.717, 1.165) is 75.5 Å². The molecule has 2 saturated heterocycles. The fourth-order valence-corrected chi connectivity index (χ4v) is 5.86. The van der Waals surface area contributed by atoms with Crippen LogP contribution in [0.3, 0.4) is 0 Å². The van der Waals surface area contributed by atoms with Gasteiger partial charge in [0.25, 0.3) is 0 Å². The molecule has 2 aliphatic heterocycles. The number of halogens is 1. The summed E-state index contributed by atoms with van der Waals surface area (Å²) in [7, 11) is 0. The van der Waals surface area contributed by atoms with Gasteiger partial charge in [0.2, 0.25) is 5.91 Å². The van der Waals surface area contributed by atoms with Gasteiger partial charge in [0.1, 0.15) is 16.9 Å². The fraction of sp³-hybridized carbons (Fsp3) is 0.583. The number of aliphatic hydroxyl groups excluding tert-OH is 1. The van der Waals surface area contributed by atoms with Crippen LogP contribution in [0.1, 0.15) is 57.1 Å². The van der Waals surface area contributed by atoms with E-state index in [1.54, 1.807) is 6.07 Å². The summed E-state index contributed by atoms with van der Waals surface area (Å²) in [5.74, 6) is -0.0375. The Hall–Kier alpha value is -2.05. The topological polar surface area (TPSA) is 56.7 Å². The second-order valence-corrected chi connectivity index (χ2v) is 9.24. The van der Waals surface area contributed by atoms with Crippen LogP contribution in [0, 0.1) is 5.82 Å². The van der Waals surface area contributed by atoms with E-state index in [1.807, 2.05) is 18.2 Å². The lowest BCUT2D eigenvalue weighted by atomic mass is 9.82. The van der Waals surface area contributed by atoms with Gasteiger partial charge < -0.3 is 10.0 Å². The first-order chi connectivity index (χ1) is 14.6. The zero-order valence-corrected chi connectivity index (χ0v) is 17.4. The molecule has 6 heteroatoms. The van der Waals surface area contributed by atoms with E-state index in [-0.39, 0.29) is 23.9 Å². The number of carbonyl (C=O) groups is 1. The highest BCUT2D eigenvalue weighted by atomic mass is 19.1. The molecule has 1 aliphatic carbocycles. The summed E-state index contributed by atoms with van der Waals surface area (Å²) in [5.41, 5.74) is 0.778. The number of carbonyl (C=O) groups excluding carboxylic acids is 1. The number of aromatic nitrogens is 1. The molecule has 1 spiro atoms. The van der Waals surface area contributed by atoms with Crippen LogP contribution < -0.4 is 0 Å². The molecule has 1 unspecified atom stereocenters. The van der Waals surface area contributed by atoms with Crippen LogP contribution >= 0.6 is 0 Å². The van der Waals surface area contributed by atoms with Crippen molar-refractivity contribution in [3.63, 3.8) is 0 Å². The summed E-state index contributed by atoms with van der Waals surface area (Å²) in [6, 6.07) is 9.16. The lowest BCUT2D eigenvalue weighted by molar-refractivity contribution is -0.152. The van der Waals surface area contributed by atoms with Crippen molar-refractivity contribution in [3.8, 4) is 0 Å². The summed E-state index contributed by atoms with van der Waals surface area (Å²) in [5, 5.41) is 10.7. The molecular formula is C24H30FN3O2. The van der Waals surface area contributed by atoms with Crippen LogP contribution in [0.2, 0.25) is 0 Å². The Morgan fingerprint density at radius 1 is 1.07 bits per heavy atom. The smallest absolute Gasteiger partial charge is 0.243 e. The number of fused-ring (bicyclic) bond motifs is 1. The first-order valence-corrected chi connectivity index (χ1v) is 11.4. The highest BCUT2D eigenvalue weighted by molar-refractivity contribution is 5.88. The maximum atomic E-state index is 14.2. The Bertz CT molecular complexity index is 943. The van der Waals surface area contributed by atoms with Crippen LogP contribution in [0.4, 0.5) is 4.39 Å². The lowest BCUT2D eigenvalue weighted by Gasteiger charge is -2.48. The number of benzene rings is 1. The summed E-state index contributed by atoms with van der Waals surface area (Å²) < 4.78 is 14.2. The minimum absolute atomic E-state index is 0.211. The molecular weight excluding hydrogens is 381 g/mol. The number of hydrogen-bond acceptors (Lipinski definition) is 4. The van der Waals surface area contributed by atoms with Crippen molar-refractivity contribution in [1.29, 1.82) is 0 Å². The predicted molar refractivity (Wildman–Crippen MR) is 113 cm³/mol. The number of amides is 1. The van der Waals surface area contributed by atoms with Gasteiger partial charge in [0, 0.05) is 24.5 Å². The van der Waals surface area contributed by atoms with Gasteiger partial charge >= 0.3 is 0 Å². The zero-order valence-electron chi connectivity index (χ0n) is 17.4. The first kappa shape index (κ1) is 19.9. The van der Waals surface area contributed by atoms with E-state index in [0.29, 0.717) is 12.1 Å². The van der Waals surface area contributed by atoms with Gasteiger partial charge in [-0.3, -0.25) is 9.69 Å². The van der Waals surface area contributed by atoms with Gasteiger partial charge in [-0.25, -0.2) is 9.37 Å². The molecule has 1 saturated carbocycles. The van der Waals surface area contributed by atoms with E-state index in [1.165, 1.54) is 6.07 Å². The van der Waals surface area contributed by atoms with E-state index in [9.17, 15) is 14.3 Å². The summed E-state index contributed by atoms with van der Waals surface area (Å²) >= 11 is 0. The molecule has 5 nitrogen and oxygen atoms in total. The van der Waals surface area contributed by atoms with Crippen molar-refractivity contribution < 1.29 is 14.3 Å². The van der Waals surface area contributed by atoms with Crippen molar-refractivity contribution in [3.05, 3.63) is 41.8 Å². The van der Waals surface area contributed by atoms with Crippen molar-refractivity contribution in [2.75, 3.05) is 13.1 Å². The predicted octanol–water partition coefficient (Wildman–Crippen LogP) is 3.63. The molecule has 1 atom stereocenters. The molecule has 1 aromatic carbocycles. The number of nitrogens with zero attached hydrogens (tertiary/aromatic N) is 3. The second kappa shape index (κ2) is 7.89. The Balaban J connectivity index is 1.38. The van der Waals surface area contributed by atoms with Crippen LogP contribution in [-0.4, -0.2) is 56.6 Å².